The first kappa shape index (κ1) is 8.66. The smallest absolute Gasteiger partial charge is 0.0965 e. The lowest BCUT2D eigenvalue weighted by Gasteiger charge is -2.03. The minimum absolute atomic E-state index is 0.372. The Hall–Kier alpha value is 0.660. The van der Waals surface area contributed by atoms with Crippen LogP contribution in [0.5, 0.6) is 0 Å². The Kier molecular flexibility index (Phi) is 4.90. The van der Waals surface area contributed by atoms with Crippen LogP contribution >= 0.6 is 25.3 Å². The molecule has 3 heteroatoms. The van der Waals surface area contributed by atoms with E-state index >= 15 is 0 Å². The summed E-state index contributed by atoms with van der Waals surface area (Å²) < 4.78 is 0. The van der Waals surface area contributed by atoms with Gasteiger partial charge in [-0.05, 0) is 18.1 Å². The minimum Gasteiger partial charge on any atom is -0.383 e. The van der Waals surface area contributed by atoms with Crippen molar-refractivity contribution in [1.82, 2.24) is 0 Å². The fourth-order valence-corrected chi connectivity index (χ4v) is 0.688. The molecule has 1 nitrogen and oxygen atoms in total. The highest BCUT2D eigenvalue weighted by Crippen LogP contribution is 2.07. The van der Waals surface area contributed by atoms with Gasteiger partial charge in [-0.2, -0.15) is 12.6 Å². The van der Waals surface area contributed by atoms with E-state index in [9.17, 15) is 0 Å². The van der Waals surface area contributed by atoms with E-state index in [4.69, 9.17) is 5.11 Å². The highest BCUT2D eigenvalue weighted by Gasteiger charge is 1.98. The van der Waals surface area contributed by atoms with Gasteiger partial charge in [0.05, 0.1) is 5.44 Å². The molecule has 0 saturated carbocycles. The summed E-state index contributed by atoms with van der Waals surface area (Å²) in [7, 11) is 0. The van der Waals surface area contributed by atoms with Crippen molar-refractivity contribution in [2.45, 2.75) is 30.5 Å². The zero-order valence-electron chi connectivity index (χ0n) is 4.91. The Balaban J connectivity index is 2.93. The number of rotatable bonds is 3. The average molecular weight is 152 g/mol. The number of aliphatic hydroxyl groups is 1. The maximum Gasteiger partial charge on any atom is 0.0965 e. The van der Waals surface area contributed by atoms with Crippen LogP contribution in [0.3, 0.4) is 0 Å². The summed E-state index contributed by atoms with van der Waals surface area (Å²) in [5.41, 5.74) is -0.468. The van der Waals surface area contributed by atoms with Gasteiger partial charge in [0, 0.05) is 0 Å². The largest absolute Gasteiger partial charge is 0.383 e. The van der Waals surface area contributed by atoms with Gasteiger partial charge in [0.1, 0.15) is 0 Å². The first-order chi connectivity index (χ1) is 3.63. The van der Waals surface area contributed by atoms with E-state index in [0.717, 1.165) is 12.8 Å². The van der Waals surface area contributed by atoms with Gasteiger partial charge in [0.15, 0.2) is 0 Å². The first-order valence-electron chi connectivity index (χ1n) is 2.67. The molecular formula is C5H12OS2. The van der Waals surface area contributed by atoms with Gasteiger partial charge in [-0.3, -0.25) is 0 Å². The molecule has 0 aliphatic heterocycles. The second kappa shape index (κ2) is 4.53. The minimum atomic E-state index is -0.468. The summed E-state index contributed by atoms with van der Waals surface area (Å²) in [5, 5.41) is 9.00. The maximum absolute atomic E-state index is 8.63. The van der Waals surface area contributed by atoms with Crippen molar-refractivity contribution in [3.63, 3.8) is 0 Å². The lowest BCUT2D eigenvalue weighted by molar-refractivity contribution is 0.252. The molecule has 50 valence electrons. The van der Waals surface area contributed by atoms with Gasteiger partial charge in [-0.15, -0.1) is 12.6 Å². The summed E-state index contributed by atoms with van der Waals surface area (Å²) in [6.07, 6.45) is 1.65. The number of thiol groups is 2. The Bertz CT molecular complexity index is 46.4. The molecule has 1 N–H and O–H groups in total. The molecule has 0 amide bonds. The van der Waals surface area contributed by atoms with E-state index in [1.165, 1.54) is 0 Å². The van der Waals surface area contributed by atoms with Crippen LogP contribution in [-0.4, -0.2) is 15.8 Å². The van der Waals surface area contributed by atoms with Crippen LogP contribution < -0.4 is 0 Å². The van der Waals surface area contributed by atoms with Crippen LogP contribution in [0.2, 0.25) is 0 Å². The van der Waals surface area contributed by atoms with Crippen LogP contribution in [0.4, 0.5) is 0 Å². The SMILES string of the molecule is CC(S)CCC(O)S. The van der Waals surface area contributed by atoms with Crippen LogP contribution in [0, 0.1) is 0 Å². The third-order valence-electron chi connectivity index (χ3n) is 0.843. The van der Waals surface area contributed by atoms with E-state index in [0.29, 0.717) is 5.25 Å². The standard InChI is InChI=1S/C5H12OS2/c1-4(7)2-3-5(6)8/h4-8H,2-3H2,1H3. The van der Waals surface area contributed by atoms with Crippen LogP contribution in [0.15, 0.2) is 0 Å². The molecule has 0 aromatic carbocycles. The van der Waals surface area contributed by atoms with Crippen LogP contribution in [0.25, 0.3) is 0 Å². The predicted molar refractivity (Wildman–Crippen MR) is 42.7 cm³/mol. The van der Waals surface area contributed by atoms with Gasteiger partial charge in [-0.1, -0.05) is 6.92 Å². The molecule has 0 aliphatic carbocycles. The number of aliphatic hydroxyl groups excluding tert-OH is 1. The fourth-order valence-electron chi connectivity index (χ4n) is 0.390. The summed E-state index contributed by atoms with van der Waals surface area (Å²) in [6.45, 7) is 2.00. The van der Waals surface area contributed by atoms with Crippen LogP contribution in [-0.2, 0) is 0 Å². The average Bonchev–Trinajstić information content (AvgIpc) is 1.61. The molecule has 0 rings (SSSR count). The van der Waals surface area contributed by atoms with E-state index in [-0.39, 0.29) is 0 Å². The zero-order chi connectivity index (χ0) is 6.57. The molecule has 8 heavy (non-hydrogen) atoms. The number of hydrogen-bond donors (Lipinski definition) is 3. The molecule has 0 spiro atoms. The monoisotopic (exact) mass is 152 g/mol. The number of hydrogen-bond acceptors (Lipinski definition) is 3. The quantitative estimate of drug-likeness (QED) is 0.412. The highest BCUT2D eigenvalue weighted by atomic mass is 32.1. The summed E-state index contributed by atoms with van der Waals surface area (Å²) in [6, 6.07) is 0. The predicted octanol–water partition coefficient (Wildman–Crippen LogP) is 1.33. The van der Waals surface area contributed by atoms with Crippen molar-refractivity contribution in [1.29, 1.82) is 0 Å². The zero-order valence-corrected chi connectivity index (χ0v) is 6.70. The third kappa shape index (κ3) is 6.66. The molecule has 2 unspecified atom stereocenters. The van der Waals surface area contributed by atoms with E-state index < -0.39 is 5.44 Å². The van der Waals surface area contributed by atoms with Crippen molar-refractivity contribution in [3.8, 4) is 0 Å². The second-order valence-electron chi connectivity index (χ2n) is 1.91. The highest BCUT2D eigenvalue weighted by molar-refractivity contribution is 7.81. The molecule has 0 aromatic rings. The molecule has 0 aromatic heterocycles. The van der Waals surface area contributed by atoms with E-state index in [2.05, 4.69) is 25.3 Å². The maximum atomic E-state index is 8.63. The topological polar surface area (TPSA) is 20.2 Å². The second-order valence-corrected chi connectivity index (χ2v) is 3.38. The summed E-state index contributed by atoms with van der Waals surface area (Å²) in [4.78, 5) is 0. The molecule has 0 saturated heterocycles. The van der Waals surface area contributed by atoms with Gasteiger partial charge in [0.25, 0.3) is 0 Å². The Morgan fingerprint density at radius 1 is 1.38 bits per heavy atom. The van der Waals surface area contributed by atoms with Crippen molar-refractivity contribution < 1.29 is 5.11 Å². The van der Waals surface area contributed by atoms with Gasteiger partial charge < -0.3 is 5.11 Å². The normalized spacial score (nSPS) is 18.0. The Morgan fingerprint density at radius 3 is 2.00 bits per heavy atom. The fraction of sp³-hybridized carbons (Fsp3) is 1.00. The van der Waals surface area contributed by atoms with E-state index in [1.54, 1.807) is 0 Å². The van der Waals surface area contributed by atoms with Crippen molar-refractivity contribution >= 4 is 25.3 Å². The van der Waals surface area contributed by atoms with Crippen molar-refractivity contribution in [2.24, 2.45) is 0 Å². The molecule has 0 radical (unpaired) electrons. The van der Waals surface area contributed by atoms with Crippen molar-refractivity contribution in [3.05, 3.63) is 0 Å². The van der Waals surface area contributed by atoms with Gasteiger partial charge >= 0.3 is 0 Å². The van der Waals surface area contributed by atoms with Crippen molar-refractivity contribution in [2.75, 3.05) is 0 Å². The van der Waals surface area contributed by atoms with Crippen LogP contribution in [0.1, 0.15) is 19.8 Å². The third-order valence-corrected chi connectivity index (χ3v) is 1.36. The summed E-state index contributed by atoms with van der Waals surface area (Å²) in [5.74, 6) is 0. The molecule has 2 atom stereocenters. The lowest BCUT2D eigenvalue weighted by atomic mass is 10.2. The molecule has 0 heterocycles. The first-order valence-corrected chi connectivity index (χ1v) is 3.70. The Labute approximate surface area is 61.3 Å². The Morgan fingerprint density at radius 2 is 1.88 bits per heavy atom. The van der Waals surface area contributed by atoms with Gasteiger partial charge in [0.2, 0.25) is 0 Å². The molecule has 0 bridgehead atoms. The molecule has 0 fully saturated rings. The summed E-state index contributed by atoms with van der Waals surface area (Å²) >= 11 is 7.92. The molecular weight excluding hydrogens is 140 g/mol. The van der Waals surface area contributed by atoms with E-state index in [1.807, 2.05) is 6.92 Å². The molecule has 0 aliphatic rings. The van der Waals surface area contributed by atoms with Gasteiger partial charge in [-0.25, -0.2) is 0 Å². The lowest BCUT2D eigenvalue weighted by Crippen LogP contribution is -1.99.